The molecule has 0 aliphatic carbocycles. The van der Waals surface area contributed by atoms with Crippen LogP contribution >= 0.6 is 0 Å². The number of hydrogen-bond acceptors (Lipinski definition) is 6. The molecule has 5 rings (SSSR count). The zero-order valence-electron chi connectivity index (χ0n) is 24.9. The van der Waals surface area contributed by atoms with Crippen LogP contribution < -0.4 is 15.4 Å². The number of carbonyl (C=O) groups is 2. The van der Waals surface area contributed by atoms with E-state index in [9.17, 15) is 14.4 Å². The van der Waals surface area contributed by atoms with Crippen LogP contribution in [0.15, 0.2) is 51.8 Å². The normalized spacial score (nSPS) is 15.2. The highest BCUT2D eigenvalue weighted by molar-refractivity contribution is 6.19. The molecule has 216 valence electrons. The average molecular weight is 559 g/mol. The van der Waals surface area contributed by atoms with E-state index in [1.165, 1.54) is 0 Å². The minimum absolute atomic E-state index is 0.0786. The van der Waals surface area contributed by atoms with Gasteiger partial charge in [0.1, 0.15) is 16.8 Å². The molecule has 0 fully saturated rings. The number of rotatable bonds is 8. The van der Waals surface area contributed by atoms with Crippen molar-refractivity contribution in [1.29, 1.82) is 0 Å². The summed E-state index contributed by atoms with van der Waals surface area (Å²) in [7, 11) is 3.65. The molecule has 0 N–H and O–H groups in total. The summed E-state index contributed by atoms with van der Waals surface area (Å²) in [5.41, 5.74) is 3.78. The molecule has 0 saturated carbocycles. The van der Waals surface area contributed by atoms with E-state index < -0.39 is 5.41 Å². The summed E-state index contributed by atoms with van der Waals surface area (Å²) in [6, 6.07) is 11.6. The Morgan fingerprint density at radius 2 is 1.71 bits per heavy atom. The average Bonchev–Trinajstić information content (AvgIpc) is 3.46. The van der Waals surface area contributed by atoms with Gasteiger partial charge in [0.2, 0.25) is 11.8 Å². The van der Waals surface area contributed by atoms with Gasteiger partial charge in [-0.25, -0.2) is 0 Å². The van der Waals surface area contributed by atoms with E-state index in [0.29, 0.717) is 55.1 Å². The predicted molar refractivity (Wildman–Crippen MR) is 159 cm³/mol. The fourth-order valence-electron chi connectivity index (χ4n) is 5.59. The molecule has 10 nitrogen and oxygen atoms in total. The van der Waals surface area contributed by atoms with Gasteiger partial charge >= 0.3 is 0 Å². The number of nitrogens with zero attached hydrogens (tertiary/aromatic N) is 6. The quantitative estimate of drug-likeness (QED) is 0.303. The number of aryl methyl sites for hydroxylation is 3. The maximum absolute atomic E-state index is 13.3. The van der Waals surface area contributed by atoms with E-state index in [0.717, 1.165) is 22.6 Å². The van der Waals surface area contributed by atoms with Crippen LogP contribution in [-0.4, -0.2) is 51.2 Å². The van der Waals surface area contributed by atoms with Gasteiger partial charge in [-0.2, -0.15) is 5.10 Å². The largest absolute Gasteiger partial charge is 0.461 e. The summed E-state index contributed by atoms with van der Waals surface area (Å²) >= 11 is 0. The van der Waals surface area contributed by atoms with Gasteiger partial charge in [-0.05, 0) is 70.5 Å². The highest BCUT2D eigenvalue weighted by atomic mass is 16.3. The zero-order chi connectivity index (χ0) is 29.6. The van der Waals surface area contributed by atoms with Crippen LogP contribution in [-0.2, 0) is 36.3 Å². The number of aromatic nitrogens is 3. The van der Waals surface area contributed by atoms with Gasteiger partial charge in [0.25, 0.3) is 5.56 Å². The number of carbonyl (C=O) groups excluding carboxylic acids is 2. The molecule has 0 saturated heterocycles. The number of anilines is 2. The summed E-state index contributed by atoms with van der Waals surface area (Å²) in [6.07, 6.45) is 1.78. The fraction of sp³-hybridized carbons (Fsp3) is 0.419. The number of hydrogen-bond donors (Lipinski definition) is 0. The van der Waals surface area contributed by atoms with Gasteiger partial charge in [-0.3, -0.25) is 24.0 Å². The van der Waals surface area contributed by atoms with Gasteiger partial charge in [-0.1, -0.05) is 6.07 Å². The first-order valence-electron chi connectivity index (χ1n) is 13.9. The Labute approximate surface area is 239 Å². The predicted octanol–water partition coefficient (Wildman–Crippen LogP) is 4.00. The van der Waals surface area contributed by atoms with E-state index in [1.807, 2.05) is 56.8 Å². The molecule has 4 heterocycles. The smallest absolute Gasteiger partial charge is 0.261 e. The molecule has 0 atom stereocenters. The van der Waals surface area contributed by atoms with E-state index >= 15 is 0 Å². The van der Waals surface area contributed by atoms with Crippen LogP contribution in [0.3, 0.4) is 0 Å². The second-order valence-corrected chi connectivity index (χ2v) is 11.4. The standard InChI is InChI=1S/C31H38N6O4/c1-8-37-25-10-9-22(17-26(25)33(6)29(39)31(4,5)30(37)40)18-35(19-23-15-20(2)34(7)32-23)13-14-36-12-11-27-24(28(36)38)16-21(3)41-27/h9-12,15-17H,8,13-14,18-19H2,1-7H3. The Hall–Kier alpha value is -4.18. The summed E-state index contributed by atoms with van der Waals surface area (Å²) < 4.78 is 9.19. The van der Waals surface area contributed by atoms with Gasteiger partial charge in [0.05, 0.1) is 22.5 Å². The lowest BCUT2D eigenvalue weighted by molar-refractivity contribution is -0.137. The van der Waals surface area contributed by atoms with Crippen LogP contribution in [0.25, 0.3) is 11.0 Å². The molecular formula is C31H38N6O4. The van der Waals surface area contributed by atoms with Crippen molar-refractivity contribution < 1.29 is 14.0 Å². The highest BCUT2D eigenvalue weighted by Crippen LogP contribution is 2.39. The highest BCUT2D eigenvalue weighted by Gasteiger charge is 2.45. The maximum atomic E-state index is 13.3. The number of benzene rings is 1. The van der Waals surface area contributed by atoms with Crippen LogP contribution in [0.4, 0.5) is 11.4 Å². The lowest BCUT2D eigenvalue weighted by atomic mass is 9.90. The van der Waals surface area contributed by atoms with E-state index in [2.05, 4.69) is 16.1 Å². The number of furan rings is 1. The lowest BCUT2D eigenvalue weighted by Crippen LogP contribution is -2.47. The molecule has 0 bridgehead atoms. The number of fused-ring (bicyclic) bond motifs is 2. The Kier molecular flexibility index (Phi) is 7.37. The van der Waals surface area contributed by atoms with E-state index in [-0.39, 0.29) is 17.4 Å². The molecule has 1 aliphatic rings. The molecule has 0 spiro atoms. The first kappa shape index (κ1) is 28.4. The molecule has 41 heavy (non-hydrogen) atoms. The number of amides is 2. The third-order valence-electron chi connectivity index (χ3n) is 8.02. The minimum Gasteiger partial charge on any atom is -0.461 e. The van der Waals surface area contributed by atoms with Crippen LogP contribution in [0.2, 0.25) is 0 Å². The van der Waals surface area contributed by atoms with E-state index in [4.69, 9.17) is 4.42 Å². The van der Waals surface area contributed by atoms with Crippen LogP contribution in [0.1, 0.15) is 43.5 Å². The Morgan fingerprint density at radius 3 is 2.39 bits per heavy atom. The molecule has 2 amide bonds. The fourth-order valence-corrected chi connectivity index (χ4v) is 5.59. The molecule has 0 unspecified atom stereocenters. The van der Waals surface area contributed by atoms with E-state index in [1.54, 1.807) is 47.5 Å². The van der Waals surface area contributed by atoms with Crippen molar-refractivity contribution in [2.45, 2.75) is 54.3 Å². The first-order chi connectivity index (χ1) is 19.4. The summed E-state index contributed by atoms with van der Waals surface area (Å²) in [4.78, 5) is 45.2. The van der Waals surface area contributed by atoms with Gasteiger partial charge in [-0.15, -0.1) is 0 Å². The SMILES string of the molecule is CCN1C(=O)C(C)(C)C(=O)N(C)c2cc(CN(CCn3ccc4oc(C)cc4c3=O)Cc3cc(C)n(C)n3)ccc21. The third kappa shape index (κ3) is 5.19. The van der Waals surface area contributed by atoms with Gasteiger partial charge in [0, 0.05) is 58.7 Å². The van der Waals surface area contributed by atoms with Crippen LogP contribution in [0.5, 0.6) is 0 Å². The topological polar surface area (TPSA) is 96.8 Å². The van der Waals surface area contributed by atoms with Gasteiger partial charge < -0.3 is 18.8 Å². The molecule has 0 radical (unpaired) electrons. The molecule has 10 heteroatoms. The van der Waals surface area contributed by atoms with Crippen molar-refractivity contribution in [2.24, 2.45) is 12.5 Å². The van der Waals surface area contributed by atoms with Crippen molar-refractivity contribution >= 4 is 34.2 Å². The van der Waals surface area contributed by atoms with Crippen molar-refractivity contribution in [1.82, 2.24) is 19.2 Å². The second kappa shape index (κ2) is 10.7. The van der Waals surface area contributed by atoms with Gasteiger partial charge in [0.15, 0.2) is 0 Å². The molecule has 1 aliphatic heterocycles. The summed E-state index contributed by atoms with van der Waals surface area (Å²) in [5.74, 6) is 0.271. The lowest BCUT2D eigenvalue weighted by Gasteiger charge is -2.27. The second-order valence-electron chi connectivity index (χ2n) is 11.4. The molecule has 4 aromatic rings. The summed E-state index contributed by atoms with van der Waals surface area (Å²) in [6.45, 7) is 11.8. The van der Waals surface area contributed by atoms with Crippen molar-refractivity contribution in [3.05, 3.63) is 75.7 Å². The zero-order valence-corrected chi connectivity index (χ0v) is 24.9. The minimum atomic E-state index is -1.16. The van der Waals surface area contributed by atoms with Crippen molar-refractivity contribution in [3.8, 4) is 0 Å². The Bertz CT molecular complexity index is 1670. The third-order valence-corrected chi connectivity index (χ3v) is 8.02. The molecular weight excluding hydrogens is 520 g/mol. The maximum Gasteiger partial charge on any atom is 0.261 e. The van der Waals surface area contributed by atoms with Crippen molar-refractivity contribution in [3.63, 3.8) is 0 Å². The summed E-state index contributed by atoms with van der Waals surface area (Å²) in [5, 5.41) is 5.23. The van der Waals surface area contributed by atoms with Crippen LogP contribution in [0, 0.1) is 19.3 Å². The Balaban J connectivity index is 1.46. The Morgan fingerprint density at radius 1 is 0.951 bits per heavy atom. The monoisotopic (exact) mass is 558 g/mol. The molecule has 1 aromatic carbocycles. The first-order valence-corrected chi connectivity index (χ1v) is 13.9. The van der Waals surface area contributed by atoms with Crippen molar-refractivity contribution in [2.75, 3.05) is 29.9 Å². The molecule has 3 aromatic heterocycles. The number of pyridine rings is 1.